The van der Waals surface area contributed by atoms with E-state index in [1.165, 1.54) is 35.1 Å². The minimum absolute atomic E-state index is 0.156. The van der Waals surface area contributed by atoms with Crippen molar-refractivity contribution in [2.45, 2.75) is 70.8 Å². The van der Waals surface area contributed by atoms with Gasteiger partial charge in [-0.25, -0.2) is 4.74 Å². The Hall–Kier alpha value is -1.31. The average Bonchev–Trinajstić information content (AvgIpc) is 2.55. The van der Waals surface area contributed by atoms with Gasteiger partial charge in [0.15, 0.2) is 11.3 Å². The van der Waals surface area contributed by atoms with E-state index in [1.54, 1.807) is 0 Å². The maximum atomic E-state index is 13.4. The Balaban J connectivity index is 2.20. The number of benzene rings is 1. The summed E-state index contributed by atoms with van der Waals surface area (Å²) in [5.74, 6) is 0.736. The zero-order valence-corrected chi connectivity index (χ0v) is 13.6. The molecule has 1 saturated carbocycles. The van der Waals surface area contributed by atoms with Crippen LogP contribution in [0.5, 0.6) is 0 Å². The van der Waals surface area contributed by atoms with Crippen LogP contribution in [0, 0.1) is 11.1 Å². The molecule has 1 spiro atoms. The molecule has 114 valence electrons. The third-order valence-electron chi connectivity index (χ3n) is 5.43. The van der Waals surface area contributed by atoms with Crippen LogP contribution < -0.4 is 0 Å². The zero-order chi connectivity index (χ0) is 15.0. The smallest absolute Gasteiger partial charge is 0.197 e. The number of hydroxylamine groups is 1. The fourth-order valence-corrected chi connectivity index (χ4v) is 4.45. The maximum absolute atomic E-state index is 13.4. The van der Waals surface area contributed by atoms with E-state index < -0.39 is 0 Å². The first-order valence-corrected chi connectivity index (χ1v) is 8.49. The standard InChI is InChI=1S/C19H27NO/c1-14(2)18-17-10-6-5-9-16(17)15(3)13-19(20(18)21)11-7-4-8-12-19/h5-6,9-10,14-15H,4,7-8,11-13H2,1-3H3/t15-/m0/s1. The molecule has 0 aromatic heterocycles. The molecule has 0 unspecified atom stereocenters. The molecule has 0 N–H and O–H groups in total. The third kappa shape index (κ3) is 2.39. The summed E-state index contributed by atoms with van der Waals surface area (Å²) in [4.78, 5) is 0. The monoisotopic (exact) mass is 285 g/mol. The topological polar surface area (TPSA) is 26.1 Å². The van der Waals surface area contributed by atoms with E-state index in [9.17, 15) is 5.21 Å². The fraction of sp³-hybridized carbons (Fsp3) is 0.632. The summed E-state index contributed by atoms with van der Waals surface area (Å²) in [5.41, 5.74) is 3.41. The fourth-order valence-electron chi connectivity index (χ4n) is 4.45. The van der Waals surface area contributed by atoms with Crippen LogP contribution in [-0.4, -0.2) is 16.0 Å². The number of hydrogen-bond donors (Lipinski definition) is 0. The molecule has 1 heterocycles. The Morgan fingerprint density at radius 3 is 2.48 bits per heavy atom. The first kappa shape index (κ1) is 14.6. The summed E-state index contributed by atoms with van der Waals surface area (Å²) in [5, 5.41) is 13.4. The molecule has 2 aliphatic rings. The van der Waals surface area contributed by atoms with Crippen LogP contribution in [0.1, 0.15) is 76.3 Å². The lowest BCUT2D eigenvalue weighted by Gasteiger charge is -2.37. The minimum Gasteiger partial charge on any atom is -0.623 e. The molecule has 1 aromatic rings. The summed E-state index contributed by atoms with van der Waals surface area (Å²) in [7, 11) is 0. The molecule has 1 aliphatic carbocycles. The highest BCUT2D eigenvalue weighted by Gasteiger charge is 2.46. The van der Waals surface area contributed by atoms with Crippen LogP contribution in [0.25, 0.3) is 0 Å². The predicted octanol–water partition coefficient (Wildman–Crippen LogP) is 4.85. The molecule has 0 bridgehead atoms. The summed E-state index contributed by atoms with van der Waals surface area (Å²) in [6.45, 7) is 6.61. The van der Waals surface area contributed by atoms with Crippen LogP contribution >= 0.6 is 0 Å². The molecule has 2 heteroatoms. The molecule has 2 nitrogen and oxygen atoms in total. The van der Waals surface area contributed by atoms with Gasteiger partial charge in [0, 0.05) is 30.7 Å². The van der Waals surface area contributed by atoms with Gasteiger partial charge in [0.25, 0.3) is 0 Å². The van der Waals surface area contributed by atoms with Crippen molar-refractivity contribution in [1.82, 2.24) is 0 Å². The van der Waals surface area contributed by atoms with Gasteiger partial charge in [-0.15, -0.1) is 0 Å². The molecule has 21 heavy (non-hydrogen) atoms. The molecule has 1 atom stereocenters. The lowest BCUT2D eigenvalue weighted by atomic mass is 9.75. The van der Waals surface area contributed by atoms with Gasteiger partial charge in [-0.2, -0.15) is 0 Å². The zero-order valence-electron chi connectivity index (χ0n) is 13.6. The molecule has 0 amide bonds. The van der Waals surface area contributed by atoms with E-state index in [0.717, 1.165) is 25.0 Å². The maximum Gasteiger partial charge on any atom is 0.197 e. The largest absolute Gasteiger partial charge is 0.623 e. The van der Waals surface area contributed by atoms with Crippen LogP contribution in [0.15, 0.2) is 24.3 Å². The van der Waals surface area contributed by atoms with Crippen molar-refractivity contribution in [2.24, 2.45) is 5.92 Å². The minimum atomic E-state index is -0.156. The van der Waals surface area contributed by atoms with E-state index in [-0.39, 0.29) is 11.5 Å². The van der Waals surface area contributed by atoms with E-state index >= 15 is 0 Å². The Kier molecular flexibility index (Phi) is 3.81. The van der Waals surface area contributed by atoms with E-state index in [4.69, 9.17) is 0 Å². The van der Waals surface area contributed by atoms with Crippen molar-refractivity contribution in [2.75, 3.05) is 0 Å². The van der Waals surface area contributed by atoms with Crippen LogP contribution in [0.3, 0.4) is 0 Å². The van der Waals surface area contributed by atoms with Gasteiger partial charge in [0.1, 0.15) is 0 Å². The van der Waals surface area contributed by atoms with Gasteiger partial charge in [0.05, 0.1) is 0 Å². The predicted molar refractivity (Wildman–Crippen MR) is 87.9 cm³/mol. The summed E-state index contributed by atoms with van der Waals surface area (Å²) in [6, 6.07) is 8.55. The van der Waals surface area contributed by atoms with Gasteiger partial charge >= 0.3 is 0 Å². The van der Waals surface area contributed by atoms with E-state index in [0.29, 0.717) is 5.92 Å². The summed E-state index contributed by atoms with van der Waals surface area (Å²) in [6.07, 6.45) is 6.81. The van der Waals surface area contributed by atoms with Crippen molar-refractivity contribution in [1.29, 1.82) is 0 Å². The van der Waals surface area contributed by atoms with Crippen LogP contribution in [0.2, 0.25) is 0 Å². The molecule has 3 rings (SSSR count). The highest BCUT2D eigenvalue weighted by atomic mass is 16.5. The van der Waals surface area contributed by atoms with Crippen LogP contribution in [-0.2, 0) is 0 Å². The second-order valence-electron chi connectivity index (χ2n) is 7.31. The molecule has 0 saturated heterocycles. The molecular weight excluding hydrogens is 258 g/mol. The Morgan fingerprint density at radius 2 is 1.81 bits per heavy atom. The van der Waals surface area contributed by atoms with Crippen molar-refractivity contribution < 1.29 is 4.74 Å². The van der Waals surface area contributed by atoms with Crippen molar-refractivity contribution in [3.63, 3.8) is 0 Å². The van der Waals surface area contributed by atoms with Crippen molar-refractivity contribution in [3.05, 3.63) is 40.6 Å². The Morgan fingerprint density at radius 1 is 1.14 bits per heavy atom. The number of rotatable bonds is 1. The van der Waals surface area contributed by atoms with Gasteiger partial charge in [0.2, 0.25) is 0 Å². The molecule has 0 radical (unpaired) electrons. The Bertz CT molecular complexity index is 552. The average molecular weight is 285 g/mol. The second kappa shape index (κ2) is 5.47. The molecule has 1 aliphatic heterocycles. The normalized spacial score (nSPS) is 25.0. The summed E-state index contributed by atoms with van der Waals surface area (Å²) < 4.78 is 1.44. The van der Waals surface area contributed by atoms with Gasteiger partial charge in [-0.1, -0.05) is 45.4 Å². The lowest BCUT2D eigenvalue weighted by Crippen LogP contribution is -2.45. The molecule has 1 aromatic carbocycles. The first-order valence-electron chi connectivity index (χ1n) is 8.49. The summed E-state index contributed by atoms with van der Waals surface area (Å²) >= 11 is 0. The third-order valence-corrected chi connectivity index (χ3v) is 5.43. The number of fused-ring (bicyclic) bond motifs is 1. The van der Waals surface area contributed by atoms with Gasteiger partial charge in [-0.05, 0) is 30.4 Å². The molecule has 1 fully saturated rings. The lowest BCUT2D eigenvalue weighted by molar-refractivity contribution is -0.558. The highest BCUT2D eigenvalue weighted by Crippen LogP contribution is 2.42. The quantitative estimate of drug-likeness (QED) is 0.535. The van der Waals surface area contributed by atoms with Crippen molar-refractivity contribution >= 4 is 5.71 Å². The van der Waals surface area contributed by atoms with E-state index in [1.807, 2.05) is 0 Å². The number of nitrogens with zero attached hydrogens (tertiary/aromatic N) is 1. The number of hydrogen-bond acceptors (Lipinski definition) is 1. The highest BCUT2D eigenvalue weighted by molar-refractivity contribution is 6.00. The second-order valence-corrected chi connectivity index (χ2v) is 7.31. The van der Waals surface area contributed by atoms with Gasteiger partial charge < -0.3 is 5.21 Å². The van der Waals surface area contributed by atoms with Crippen LogP contribution in [0.4, 0.5) is 0 Å². The van der Waals surface area contributed by atoms with Gasteiger partial charge in [-0.3, -0.25) is 0 Å². The van der Waals surface area contributed by atoms with Crippen molar-refractivity contribution in [3.8, 4) is 0 Å². The first-order chi connectivity index (χ1) is 10.1. The Labute approximate surface area is 128 Å². The molecular formula is C19H27NO. The van der Waals surface area contributed by atoms with E-state index in [2.05, 4.69) is 45.0 Å². The SMILES string of the molecule is CC(C)C1=[N+]([O-])C2(CCCCC2)C[C@H](C)c2ccccc21.